The van der Waals surface area contributed by atoms with Crippen LogP contribution in [0.2, 0.25) is 0 Å². The zero-order valence-electron chi connectivity index (χ0n) is 11.8. The van der Waals surface area contributed by atoms with Gasteiger partial charge < -0.3 is 10.6 Å². The van der Waals surface area contributed by atoms with Crippen molar-refractivity contribution >= 4 is 21.6 Å². The maximum atomic E-state index is 5.90. The largest absolute Gasteiger partial charge is 0.367 e. The average Bonchev–Trinajstić information content (AvgIpc) is 2.48. The molecule has 0 bridgehead atoms. The molecule has 0 amide bonds. The highest BCUT2D eigenvalue weighted by molar-refractivity contribution is 9.10. The van der Waals surface area contributed by atoms with Gasteiger partial charge in [-0.15, -0.1) is 0 Å². The summed E-state index contributed by atoms with van der Waals surface area (Å²) in [5.41, 5.74) is 9.65. The highest BCUT2D eigenvalue weighted by atomic mass is 79.9. The average molecular weight is 333 g/mol. The molecule has 2 rings (SSSR count). The maximum absolute atomic E-state index is 5.90. The molecule has 0 atom stereocenters. The molecule has 2 nitrogen and oxygen atoms in total. The summed E-state index contributed by atoms with van der Waals surface area (Å²) in [5.74, 6) is 0. The lowest BCUT2D eigenvalue weighted by molar-refractivity contribution is 0.761. The maximum Gasteiger partial charge on any atom is 0.0429 e. The lowest BCUT2D eigenvalue weighted by atomic mass is 10.1. The molecular weight excluding hydrogens is 312 g/mol. The molecule has 0 aliphatic rings. The molecule has 0 aliphatic heterocycles. The van der Waals surface area contributed by atoms with E-state index in [4.69, 9.17) is 5.73 Å². The van der Waals surface area contributed by atoms with Crippen LogP contribution in [0, 0.1) is 0 Å². The zero-order valence-corrected chi connectivity index (χ0v) is 13.4. The van der Waals surface area contributed by atoms with E-state index >= 15 is 0 Å². The van der Waals surface area contributed by atoms with Crippen LogP contribution in [0.5, 0.6) is 0 Å². The molecule has 106 valence electrons. The summed E-state index contributed by atoms with van der Waals surface area (Å²) in [4.78, 5) is 2.41. The summed E-state index contributed by atoms with van der Waals surface area (Å²) in [6, 6.07) is 16.9. The Morgan fingerprint density at radius 3 is 2.50 bits per heavy atom. The Morgan fingerprint density at radius 1 is 1.10 bits per heavy atom. The lowest BCUT2D eigenvalue weighted by Gasteiger charge is -2.27. The van der Waals surface area contributed by atoms with Gasteiger partial charge in [0.25, 0.3) is 0 Å². The molecule has 0 heterocycles. The zero-order chi connectivity index (χ0) is 14.4. The Morgan fingerprint density at radius 2 is 1.85 bits per heavy atom. The van der Waals surface area contributed by atoms with Gasteiger partial charge in [0.1, 0.15) is 0 Å². The van der Waals surface area contributed by atoms with Crippen molar-refractivity contribution in [3.05, 3.63) is 64.1 Å². The van der Waals surface area contributed by atoms with E-state index in [2.05, 4.69) is 76.3 Å². The van der Waals surface area contributed by atoms with Crippen molar-refractivity contribution in [2.24, 2.45) is 5.73 Å². The topological polar surface area (TPSA) is 29.3 Å². The molecule has 0 saturated carbocycles. The summed E-state index contributed by atoms with van der Waals surface area (Å²) in [7, 11) is 0. The monoisotopic (exact) mass is 332 g/mol. The van der Waals surface area contributed by atoms with Crippen molar-refractivity contribution in [3.8, 4) is 0 Å². The van der Waals surface area contributed by atoms with E-state index in [9.17, 15) is 0 Å². The Bertz CT molecular complexity index is 540. The van der Waals surface area contributed by atoms with Crippen molar-refractivity contribution in [2.75, 3.05) is 11.4 Å². The van der Waals surface area contributed by atoms with Crippen LogP contribution < -0.4 is 10.6 Å². The predicted octanol–water partition coefficient (Wildman–Crippen LogP) is 4.32. The number of nitrogens with two attached hydrogens (primary N) is 1. The number of halogens is 1. The Balaban J connectivity index is 2.28. The number of hydrogen-bond donors (Lipinski definition) is 1. The highest BCUT2D eigenvalue weighted by Gasteiger charge is 2.11. The molecule has 0 aliphatic carbocycles. The van der Waals surface area contributed by atoms with Gasteiger partial charge >= 0.3 is 0 Å². The van der Waals surface area contributed by atoms with Crippen LogP contribution in [0.15, 0.2) is 53.0 Å². The summed E-state index contributed by atoms with van der Waals surface area (Å²) < 4.78 is 1.08. The molecule has 20 heavy (non-hydrogen) atoms. The molecule has 0 unspecified atom stereocenters. The van der Waals surface area contributed by atoms with Gasteiger partial charge in [0, 0.05) is 29.8 Å². The minimum atomic E-state index is 0.559. The fraction of sp³-hybridized carbons (Fsp3) is 0.294. The third-order valence-electron chi connectivity index (χ3n) is 3.31. The summed E-state index contributed by atoms with van der Waals surface area (Å²) in [6.07, 6.45) is 1.12. The van der Waals surface area contributed by atoms with E-state index in [1.54, 1.807) is 0 Å². The predicted molar refractivity (Wildman–Crippen MR) is 89.8 cm³/mol. The van der Waals surface area contributed by atoms with Gasteiger partial charge in [-0.2, -0.15) is 0 Å². The van der Waals surface area contributed by atoms with E-state index in [1.165, 1.54) is 16.8 Å². The van der Waals surface area contributed by atoms with Crippen LogP contribution in [0.4, 0.5) is 5.69 Å². The second-order valence-corrected chi connectivity index (χ2v) is 5.80. The van der Waals surface area contributed by atoms with Crippen LogP contribution in [0.1, 0.15) is 24.5 Å². The lowest BCUT2D eigenvalue weighted by Crippen LogP contribution is -2.25. The van der Waals surface area contributed by atoms with Gasteiger partial charge in [0.2, 0.25) is 0 Å². The van der Waals surface area contributed by atoms with Gasteiger partial charge in [-0.05, 0) is 35.7 Å². The molecule has 0 spiro atoms. The third kappa shape index (κ3) is 3.84. The first kappa shape index (κ1) is 15.1. The van der Waals surface area contributed by atoms with Crippen molar-refractivity contribution in [1.82, 2.24) is 0 Å². The Kier molecular flexibility index (Phi) is 5.62. The Labute approximate surface area is 129 Å². The molecule has 0 saturated heterocycles. The summed E-state index contributed by atoms with van der Waals surface area (Å²) >= 11 is 3.52. The molecule has 2 N–H and O–H groups in total. The van der Waals surface area contributed by atoms with Crippen LogP contribution in [0.3, 0.4) is 0 Å². The number of hydrogen-bond acceptors (Lipinski definition) is 2. The van der Waals surface area contributed by atoms with Gasteiger partial charge in [-0.3, -0.25) is 0 Å². The molecule has 3 heteroatoms. The van der Waals surface area contributed by atoms with Gasteiger partial charge in [-0.1, -0.05) is 53.2 Å². The number of benzene rings is 2. The van der Waals surface area contributed by atoms with Crippen LogP contribution in [-0.4, -0.2) is 6.54 Å². The number of nitrogens with zero attached hydrogens (tertiary/aromatic N) is 1. The minimum absolute atomic E-state index is 0.559. The molecule has 0 fully saturated rings. The normalized spacial score (nSPS) is 10.6. The van der Waals surface area contributed by atoms with Gasteiger partial charge in [-0.25, -0.2) is 0 Å². The first-order chi connectivity index (χ1) is 9.74. The van der Waals surface area contributed by atoms with Crippen LogP contribution >= 0.6 is 15.9 Å². The SMILES string of the molecule is CCCN(Cc1ccccc1)c1ccc(Br)cc1CN. The van der Waals surface area contributed by atoms with Crippen LogP contribution in [0.25, 0.3) is 0 Å². The first-order valence-corrected chi connectivity index (χ1v) is 7.81. The van der Waals surface area contributed by atoms with E-state index in [0.717, 1.165) is 24.0 Å². The number of anilines is 1. The molecule has 0 radical (unpaired) electrons. The summed E-state index contributed by atoms with van der Waals surface area (Å²) in [5, 5.41) is 0. The third-order valence-corrected chi connectivity index (χ3v) is 3.81. The Hall–Kier alpha value is -1.32. The quantitative estimate of drug-likeness (QED) is 0.853. The van der Waals surface area contributed by atoms with Gasteiger partial charge in [0.05, 0.1) is 0 Å². The highest BCUT2D eigenvalue weighted by Crippen LogP contribution is 2.26. The minimum Gasteiger partial charge on any atom is -0.367 e. The van der Waals surface area contributed by atoms with Crippen LogP contribution in [-0.2, 0) is 13.1 Å². The van der Waals surface area contributed by atoms with Crippen molar-refractivity contribution in [1.29, 1.82) is 0 Å². The van der Waals surface area contributed by atoms with E-state index < -0.39 is 0 Å². The van der Waals surface area contributed by atoms with E-state index in [0.29, 0.717) is 6.54 Å². The molecule has 2 aromatic rings. The molecule has 0 aromatic heterocycles. The fourth-order valence-corrected chi connectivity index (χ4v) is 2.79. The van der Waals surface area contributed by atoms with Crippen molar-refractivity contribution in [2.45, 2.75) is 26.4 Å². The second-order valence-electron chi connectivity index (χ2n) is 4.88. The van der Waals surface area contributed by atoms with Crippen molar-refractivity contribution in [3.63, 3.8) is 0 Å². The molecular formula is C17H21BrN2. The smallest absolute Gasteiger partial charge is 0.0429 e. The summed E-state index contributed by atoms with van der Waals surface area (Å²) in [6.45, 7) is 4.72. The van der Waals surface area contributed by atoms with Crippen molar-refractivity contribution < 1.29 is 0 Å². The van der Waals surface area contributed by atoms with E-state index in [1.807, 2.05) is 0 Å². The van der Waals surface area contributed by atoms with Gasteiger partial charge in [0.15, 0.2) is 0 Å². The molecule has 2 aromatic carbocycles. The van der Waals surface area contributed by atoms with E-state index in [-0.39, 0.29) is 0 Å². The fourth-order valence-electron chi connectivity index (χ4n) is 2.38. The standard InChI is InChI=1S/C17H21BrN2/c1-2-10-20(13-14-6-4-3-5-7-14)17-9-8-16(18)11-15(17)12-19/h3-9,11H,2,10,12-13,19H2,1H3. The first-order valence-electron chi connectivity index (χ1n) is 7.02. The number of rotatable bonds is 6. The second kappa shape index (κ2) is 7.46.